The summed E-state index contributed by atoms with van der Waals surface area (Å²) >= 11 is 1.51. The van der Waals surface area contributed by atoms with Gasteiger partial charge in [-0.25, -0.2) is 4.98 Å². The molecule has 0 fully saturated rings. The Balaban J connectivity index is 1.66. The van der Waals surface area contributed by atoms with E-state index in [1.807, 2.05) is 0 Å². The van der Waals surface area contributed by atoms with Crippen molar-refractivity contribution < 1.29 is 9.15 Å². The van der Waals surface area contributed by atoms with Crippen molar-refractivity contribution in [3.8, 4) is 5.75 Å². The number of thiazole rings is 1. The van der Waals surface area contributed by atoms with Gasteiger partial charge in [0.1, 0.15) is 34.8 Å². The van der Waals surface area contributed by atoms with E-state index in [4.69, 9.17) is 38.4 Å². The van der Waals surface area contributed by atoms with Gasteiger partial charge in [0, 0.05) is 19.0 Å². The van der Waals surface area contributed by atoms with E-state index in [2.05, 4.69) is 21.8 Å². The SMILES string of the molecule is [B]C([B])([B])Oc1ccc2oc(N3CCc4nc(N)sc4[C@@H]3C)nc2c1. The van der Waals surface area contributed by atoms with Crippen LogP contribution in [-0.2, 0) is 6.42 Å². The Hall–Kier alpha value is -2.09. The number of hydrogen-bond acceptors (Lipinski definition) is 7. The van der Waals surface area contributed by atoms with Gasteiger partial charge in [-0.05, 0) is 24.4 Å². The number of ether oxygens (including phenoxy) is 1. The van der Waals surface area contributed by atoms with Gasteiger partial charge in [-0.15, -0.1) is 0 Å². The number of hydrogen-bond donors (Lipinski definition) is 1. The third-order valence-electron chi connectivity index (χ3n) is 4.07. The summed E-state index contributed by atoms with van der Waals surface area (Å²) in [5.74, 6) is 0.420. The highest BCUT2D eigenvalue weighted by Gasteiger charge is 2.30. The second kappa shape index (κ2) is 5.73. The van der Waals surface area contributed by atoms with Crippen LogP contribution in [0.2, 0.25) is 0 Å². The zero-order chi connectivity index (χ0) is 17.8. The van der Waals surface area contributed by atoms with E-state index >= 15 is 0 Å². The molecule has 1 atom stereocenters. The molecule has 0 amide bonds. The fourth-order valence-electron chi connectivity index (χ4n) is 3.00. The molecule has 2 N–H and O–H groups in total. The molecule has 1 aromatic carbocycles. The van der Waals surface area contributed by atoms with Gasteiger partial charge in [0.25, 0.3) is 6.01 Å². The lowest BCUT2D eigenvalue weighted by molar-refractivity contribution is 0.319. The Bertz CT molecular complexity index is 937. The van der Waals surface area contributed by atoms with E-state index in [9.17, 15) is 0 Å². The van der Waals surface area contributed by atoms with Crippen molar-refractivity contribution in [3.63, 3.8) is 0 Å². The van der Waals surface area contributed by atoms with Crippen molar-refractivity contribution in [1.82, 2.24) is 9.97 Å². The molecule has 1 aliphatic rings. The minimum atomic E-state index is -1.75. The Labute approximate surface area is 153 Å². The van der Waals surface area contributed by atoms with Crippen molar-refractivity contribution in [1.29, 1.82) is 0 Å². The minimum Gasteiger partial charge on any atom is -0.516 e. The van der Waals surface area contributed by atoms with Crippen molar-refractivity contribution in [3.05, 3.63) is 28.8 Å². The smallest absolute Gasteiger partial charge is 0.298 e. The molecular formula is C15H13B3N4O2S. The third kappa shape index (κ3) is 3.10. The quantitative estimate of drug-likeness (QED) is 0.725. The predicted octanol–water partition coefficient (Wildman–Crippen LogP) is 1.49. The second-order valence-corrected chi connectivity index (χ2v) is 7.13. The monoisotopic (exact) mass is 346 g/mol. The molecule has 10 heteroatoms. The average molecular weight is 346 g/mol. The molecule has 6 radical (unpaired) electrons. The maximum Gasteiger partial charge on any atom is 0.298 e. The van der Waals surface area contributed by atoms with E-state index in [-0.39, 0.29) is 6.04 Å². The molecule has 0 saturated heterocycles. The Morgan fingerprint density at radius 2 is 2.16 bits per heavy atom. The summed E-state index contributed by atoms with van der Waals surface area (Å²) in [6.45, 7) is 2.84. The van der Waals surface area contributed by atoms with Crippen LogP contribution in [0.5, 0.6) is 5.75 Å². The summed E-state index contributed by atoms with van der Waals surface area (Å²) in [6, 6.07) is 5.75. The summed E-state index contributed by atoms with van der Waals surface area (Å²) in [6.07, 6.45) is 0.802. The molecule has 6 nitrogen and oxygen atoms in total. The van der Waals surface area contributed by atoms with E-state index < -0.39 is 5.30 Å². The van der Waals surface area contributed by atoms with Crippen LogP contribution in [0, 0.1) is 0 Å². The molecule has 25 heavy (non-hydrogen) atoms. The largest absolute Gasteiger partial charge is 0.516 e. The van der Waals surface area contributed by atoms with Crippen LogP contribution in [0.3, 0.4) is 0 Å². The first-order chi connectivity index (χ1) is 11.8. The van der Waals surface area contributed by atoms with Crippen molar-refractivity contribution in [2.75, 3.05) is 17.2 Å². The molecule has 4 rings (SSSR count). The van der Waals surface area contributed by atoms with E-state index in [1.54, 1.807) is 18.2 Å². The Morgan fingerprint density at radius 1 is 1.36 bits per heavy atom. The van der Waals surface area contributed by atoms with Gasteiger partial charge in [0.2, 0.25) is 0 Å². The van der Waals surface area contributed by atoms with Crippen molar-refractivity contribution in [2.24, 2.45) is 0 Å². The molecule has 0 spiro atoms. The van der Waals surface area contributed by atoms with Crippen LogP contribution in [-0.4, -0.2) is 45.4 Å². The van der Waals surface area contributed by atoms with Crippen LogP contribution in [0.4, 0.5) is 11.1 Å². The van der Waals surface area contributed by atoms with Gasteiger partial charge in [-0.3, -0.25) is 0 Å². The fourth-order valence-corrected chi connectivity index (χ4v) is 3.94. The number of oxazole rings is 1. The van der Waals surface area contributed by atoms with Gasteiger partial charge >= 0.3 is 0 Å². The highest BCUT2D eigenvalue weighted by Crippen LogP contribution is 2.38. The van der Waals surface area contributed by atoms with Gasteiger partial charge < -0.3 is 19.8 Å². The number of nitrogens with two attached hydrogens (primary N) is 1. The molecule has 0 aliphatic carbocycles. The van der Waals surface area contributed by atoms with E-state index in [0.717, 1.165) is 23.5 Å². The number of nitrogen functional groups attached to an aromatic ring is 1. The summed E-state index contributed by atoms with van der Waals surface area (Å²) in [4.78, 5) is 12.2. The van der Waals surface area contributed by atoms with Crippen molar-refractivity contribution in [2.45, 2.75) is 24.7 Å². The molecular weight excluding hydrogens is 333 g/mol. The van der Waals surface area contributed by atoms with Crippen LogP contribution < -0.4 is 15.4 Å². The lowest BCUT2D eigenvalue weighted by Gasteiger charge is -2.31. The van der Waals surface area contributed by atoms with Gasteiger partial charge in [0.15, 0.2) is 10.7 Å². The first kappa shape index (κ1) is 16.4. The highest BCUT2D eigenvalue weighted by molar-refractivity contribution is 7.15. The maximum absolute atomic E-state index is 5.90. The molecule has 3 aromatic rings. The van der Waals surface area contributed by atoms with Crippen LogP contribution in [0.1, 0.15) is 23.5 Å². The average Bonchev–Trinajstić information content (AvgIpc) is 3.08. The molecule has 3 heterocycles. The molecule has 0 unspecified atom stereocenters. The highest BCUT2D eigenvalue weighted by atomic mass is 32.1. The van der Waals surface area contributed by atoms with Gasteiger partial charge in [-0.1, -0.05) is 11.3 Å². The number of rotatable bonds is 3. The zero-order valence-electron chi connectivity index (χ0n) is 13.6. The van der Waals surface area contributed by atoms with Gasteiger partial charge in [0.05, 0.1) is 16.6 Å². The number of fused-ring (bicyclic) bond motifs is 2. The number of anilines is 2. The fraction of sp³-hybridized carbons (Fsp3) is 0.333. The number of aromatic nitrogens is 2. The minimum absolute atomic E-state index is 0.0899. The maximum atomic E-state index is 5.90. The first-order valence-corrected chi connectivity index (χ1v) is 8.60. The lowest BCUT2D eigenvalue weighted by Crippen LogP contribution is -2.37. The number of nitrogens with zero attached hydrogens (tertiary/aromatic N) is 3. The molecule has 0 saturated carbocycles. The van der Waals surface area contributed by atoms with Crippen LogP contribution in [0.15, 0.2) is 22.6 Å². The first-order valence-electron chi connectivity index (χ1n) is 7.78. The van der Waals surface area contributed by atoms with Gasteiger partial charge in [-0.2, -0.15) is 4.98 Å². The third-order valence-corrected chi connectivity index (χ3v) is 5.17. The van der Waals surface area contributed by atoms with Crippen LogP contribution in [0.25, 0.3) is 11.1 Å². The van der Waals surface area contributed by atoms with Crippen molar-refractivity contribution >= 4 is 57.1 Å². The summed E-state index contributed by atoms with van der Waals surface area (Å²) in [5, 5.41) is -1.16. The predicted molar refractivity (Wildman–Crippen MR) is 101 cm³/mol. The normalized spacial score (nSPS) is 17.6. The van der Waals surface area contributed by atoms with E-state index in [0.29, 0.717) is 28.0 Å². The molecule has 2 aromatic heterocycles. The Morgan fingerprint density at radius 3 is 2.92 bits per heavy atom. The second-order valence-electron chi connectivity index (χ2n) is 6.06. The van der Waals surface area contributed by atoms with Crippen LogP contribution >= 0.6 is 11.3 Å². The summed E-state index contributed by atoms with van der Waals surface area (Å²) in [5.41, 5.74) is 8.17. The summed E-state index contributed by atoms with van der Waals surface area (Å²) < 4.78 is 11.2. The lowest BCUT2D eigenvalue weighted by atomic mass is 9.52. The number of benzene rings is 1. The molecule has 1 aliphatic heterocycles. The standard InChI is InChI=1S/C15H13B3N4O2S/c1-7-12-9(20-13(19)25-12)4-5-22(7)14-21-10-6-8(24-15(16,17)18)2-3-11(10)23-14/h2-3,6-7H,4-5H2,1H3,(H2,19,20)/t7-/m0/s1. The summed E-state index contributed by atoms with van der Waals surface area (Å²) in [7, 11) is 16.4. The van der Waals surface area contributed by atoms with E-state index in [1.165, 1.54) is 11.3 Å². The zero-order valence-corrected chi connectivity index (χ0v) is 14.4. The molecule has 0 bridgehead atoms. The molecule has 120 valence electrons. The topological polar surface area (TPSA) is 77.4 Å². The Kier molecular flexibility index (Phi) is 3.75.